The average Bonchev–Trinajstić information content (AvgIpc) is 2.34. The smallest absolute Gasteiger partial charge is 0.248 e. The number of methoxy groups -OCH3 is 1. The van der Waals surface area contributed by atoms with Crippen LogP contribution in [0, 0.1) is 0 Å². The molecule has 5 heteroatoms. The summed E-state index contributed by atoms with van der Waals surface area (Å²) in [6.07, 6.45) is 4.33. The molecule has 2 N–H and O–H groups in total. The van der Waals surface area contributed by atoms with E-state index >= 15 is 0 Å². The second-order valence-electron chi connectivity index (χ2n) is 4.57. The molecule has 100 valence electrons. The lowest BCUT2D eigenvalue weighted by atomic mass is 9.90. The summed E-state index contributed by atoms with van der Waals surface area (Å²) in [5, 5.41) is 0. The van der Waals surface area contributed by atoms with Gasteiger partial charge in [0.2, 0.25) is 5.91 Å². The number of rotatable bonds is 6. The second kappa shape index (κ2) is 7.63. The number of hydrogen-bond acceptors (Lipinski definition) is 4. The number of nitrogens with two attached hydrogens (primary N) is 1. The fraction of sp³-hybridized carbons (Fsp3) is 0.917. The second-order valence-corrected chi connectivity index (χ2v) is 4.57. The molecule has 0 aliphatic heterocycles. The summed E-state index contributed by atoms with van der Waals surface area (Å²) in [6, 6.07) is 0.277. The Morgan fingerprint density at radius 2 is 2.06 bits per heavy atom. The highest BCUT2D eigenvalue weighted by Gasteiger charge is 2.28. The molecule has 17 heavy (non-hydrogen) atoms. The van der Waals surface area contributed by atoms with Crippen molar-refractivity contribution < 1.29 is 14.3 Å². The molecule has 2 unspecified atom stereocenters. The number of ether oxygens (including phenoxy) is 2. The number of carbonyl (C=O) groups is 1. The third kappa shape index (κ3) is 4.61. The Morgan fingerprint density at radius 1 is 1.35 bits per heavy atom. The molecule has 0 bridgehead atoms. The summed E-state index contributed by atoms with van der Waals surface area (Å²) in [4.78, 5) is 13.6. The molecule has 1 aliphatic rings. The first-order chi connectivity index (χ1) is 8.16. The maximum Gasteiger partial charge on any atom is 0.248 e. The van der Waals surface area contributed by atoms with Crippen LogP contribution in [-0.2, 0) is 14.3 Å². The van der Waals surface area contributed by atoms with Crippen LogP contribution in [0.1, 0.15) is 25.7 Å². The molecule has 1 amide bonds. The Kier molecular flexibility index (Phi) is 6.47. The first kappa shape index (κ1) is 14.4. The monoisotopic (exact) mass is 244 g/mol. The van der Waals surface area contributed by atoms with Crippen LogP contribution in [-0.4, -0.2) is 56.9 Å². The molecule has 1 rings (SSSR count). The van der Waals surface area contributed by atoms with Crippen molar-refractivity contribution in [1.82, 2.24) is 4.90 Å². The van der Waals surface area contributed by atoms with Gasteiger partial charge in [-0.2, -0.15) is 0 Å². The van der Waals surface area contributed by atoms with Gasteiger partial charge in [-0.3, -0.25) is 4.79 Å². The zero-order valence-corrected chi connectivity index (χ0v) is 10.9. The maximum atomic E-state index is 11.9. The van der Waals surface area contributed by atoms with Crippen LogP contribution in [0.3, 0.4) is 0 Å². The molecule has 0 heterocycles. The third-order valence-electron chi connectivity index (χ3n) is 3.33. The van der Waals surface area contributed by atoms with Crippen LogP contribution in [0.25, 0.3) is 0 Å². The predicted octanol–water partition coefficient (Wildman–Crippen LogP) is 0.378. The quantitative estimate of drug-likeness (QED) is 0.686. The van der Waals surface area contributed by atoms with Gasteiger partial charge in [0, 0.05) is 26.2 Å². The SMILES string of the molecule is COCCOCC(=O)N(C)C1CCCCC1N. The van der Waals surface area contributed by atoms with Crippen molar-refractivity contribution in [2.45, 2.75) is 37.8 Å². The lowest BCUT2D eigenvalue weighted by Crippen LogP contribution is -2.51. The minimum atomic E-state index is 0.00320. The lowest BCUT2D eigenvalue weighted by Gasteiger charge is -2.35. The van der Waals surface area contributed by atoms with Crippen LogP contribution < -0.4 is 5.73 Å². The average molecular weight is 244 g/mol. The standard InChI is InChI=1S/C12H24N2O3/c1-14(11-6-4-3-5-10(11)13)12(15)9-17-8-7-16-2/h10-11H,3-9,13H2,1-2H3. The molecule has 0 aromatic rings. The van der Waals surface area contributed by atoms with Gasteiger partial charge in [-0.05, 0) is 12.8 Å². The molecule has 0 aromatic carbocycles. The minimum absolute atomic E-state index is 0.00320. The predicted molar refractivity (Wildman–Crippen MR) is 65.7 cm³/mol. The Balaban J connectivity index is 2.29. The van der Waals surface area contributed by atoms with Gasteiger partial charge < -0.3 is 20.1 Å². The highest BCUT2D eigenvalue weighted by atomic mass is 16.5. The van der Waals surface area contributed by atoms with E-state index < -0.39 is 0 Å². The lowest BCUT2D eigenvalue weighted by molar-refractivity contribution is -0.138. The van der Waals surface area contributed by atoms with Crippen molar-refractivity contribution in [2.24, 2.45) is 5.73 Å². The first-order valence-electron chi connectivity index (χ1n) is 6.24. The van der Waals surface area contributed by atoms with Crippen molar-refractivity contribution >= 4 is 5.91 Å². The van der Waals surface area contributed by atoms with Gasteiger partial charge in [-0.1, -0.05) is 12.8 Å². The molecule has 5 nitrogen and oxygen atoms in total. The van der Waals surface area contributed by atoms with Gasteiger partial charge in [-0.25, -0.2) is 0 Å². The summed E-state index contributed by atoms with van der Waals surface area (Å²) in [5.41, 5.74) is 6.04. The zero-order chi connectivity index (χ0) is 12.7. The largest absolute Gasteiger partial charge is 0.382 e. The highest BCUT2D eigenvalue weighted by Crippen LogP contribution is 2.20. The number of carbonyl (C=O) groups excluding carboxylic acids is 1. The molecule has 1 fully saturated rings. The van der Waals surface area contributed by atoms with Gasteiger partial charge in [0.05, 0.1) is 13.2 Å². The van der Waals surface area contributed by atoms with E-state index in [0.29, 0.717) is 13.2 Å². The maximum absolute atomic E-state index is 11.9. The summed E-state index contributed by atoms with van der Waals surface area (Å²) >= 11 is 0. The fourth-order valence-electron chi connectivity index (χ4n) is 2.21. The molecule has 0 spiro atoms. The van der Waals surface area contributed by atoms with Gasteiger partial charge in [0.25, 0.3) is 0 Å². The summed E-state index contributed by atoms with van der Waals surface area (Å²) in [5.74, 6) is 0.00320. The van der Waals surface area contributed by atoms with E-state index in [9.17, 15) is 4.79 Å². The first-order valence-corrected chi connectivity index (χ1v) is 6.24. The van der Waals surface area contributed by atoms with Crippen LogP contribution >= 0.6 is 0 Å². The number of amides is 1. The molecule has 1 aliphatic carbocycles. The number of hydrogen-bond donors (Lipinski definition) is 1. The van der Waals surface area contributed by atoms with Crippen molar-refractivity contribution in [2.75, 3.05) is 34.0 Å². The molecular formula is C12H24N2O3. The Bertz CT molecular complexity index is 236. The van der Waals surface area contributed by atoms with Crippen molar-refractivity contribution in [3.05, 3.63) is 0 Å². The molecule has 0 saturated heterocycles. The summed E-state index contributed by atoms with van der Waals surface area (Å²) in [6.45, 7) is 1.08. The number of likely N-dealkylation sites (N-methyl/N-ethyl adjacent to an activating group) is 1. The third-order valence-corrected chi connectivity index (χ3v) is 3.33. The number of nitrogens with zero attached hydrogens (tertiary/aromatic N) is 1. The minimum Gasteiger partial charge on any atom is -0.382 e. The van der Waals surface area contributed by atoms with Gasteiger partial charge in [0.15, 0.2) is 0 Å². The zero-order valence-electron chi connectivity index (χ0n) is 10.9. The van der Waals surface area contributed by atoms with E-state index in [1.165, 1.54) is 6.42 Å². The molecular weight excluding hydrogens is 220 g/mol. The van der Waals surface area contributed by atoms with Crippen LogP contribution in [0.15, 0.2) is 0 Å². The summed E-state index contributed by atoms with van der Waals surface area (Å²) < 4.78 is 10.1. The Labute approximate surface area is 103 Å². The van der Waals surface area contributed by atoms with Crippen molar-refractivity contribution in [3.8, 4) is 0 Å². The Hall–Kier alpha value is -0.650. The van der Waals surface area contributed by atoms with Crippen LogP contribution in [0.5, 0.6) is 0 Å². The van der Waals surface area contributed by atoms with E-state index in [0.717, 1.165) is 19.3 Å². The van der Waals surface area contributed by atoms with E-state index in [1.807, 2.05) is 7.05 Å². The van der Waals surface area contributed by atoms with Gasteiger partial charge in [-0.15, -0.1) is 0 Å². The normalized spacial score (nSPS) is 24.6. The molecule has 0 aromatic heterocycles. The molecule has 1 saturated carbocycles. The molecule has 2 atom stereocenters. The topological polar surface area (TPSA) is 64.8 Å². The highest BCUT2D eigenvalue weighted by molar-refractivity contribution is 5.77. The van der Waals surface area contributed by atoms with Crippen molar-refractivity contribution in [3.63, 3.8) is 0 Å². The van der Waals surface area contributed by atoms with E-state index in [4.69, 9.17) is 15.2 Å². The fourth-order valence-corrected chi connectivity index (χ4v) is 2.21. The van der Waals surface area contributed by atoms with E-state index in [-0.39, 0.29) is 24.6 Å². The van der Waals surface area contributed by atoms with E-state index in [1.54, 1.807) is 12.0 Å². The van der Waals surface area contributed by atoms with Crippen LogP contribution in [0.2, 0.25) is 0 Å². The van der Waals surface area contributed by atoms with Gasteiger partial charge in [0.1, 0.15) is 6.61 Å². The van der Waals surface area contributed by atoms with Crippen molar-refractivity contribution in [1.29, 1.82) is 0 Å². The molecule has 0 radical (unpaired) electrons. The Morgan fingerprint density at radius 3 is 2.71 bits per heavy atom. The van der Waals surface area contributed by atoms with E-state index in [2.05, 4.69) is 0 Å². The van der Waals surface area contributed by atoms with Gasteiger partial charge >= 0.3 is 0 Å². The summed E-state index contributed by atoms with van der Waals surface area (Å²) in [7, 11) is 3.43. The van der Waals surface area contributed by atoms with Crippen LogP contribution in [0.4, 0.5) is 0 Å².